The first-order chi connectivity index (χ1) is 9.69. The van der Waals surface area contributed by atoms with Gasteiger partial charge in [-0.15, -0.1) is 0 Å². The molecular weight excluding hydrogens is 287 g/mol. The summed E-state index contributed by atoms with van der Waals surface area (Å²) in [4.78, 5) is 36.1. The first kappa shape index (κ1) is 15.2. The van der Waals surface area contributed by atoms with Crippen molar-refractivity contribution < 1.29 is 27.6 Å². The number of carbonyl (C=O) groups excluding carboxylic acids is 3. The van der Waals surface area contributed by atoms with E-state index in [1.54, 1.807) is 0 Å². The minimum atomic E-state index is -4.40. The quantitative estimate of drug-likeness (QED) is 0.636. The van der Waals surface area contributed by atoms with E-state index in [1.807, 2.05) is 0 Å². The van der Waals surface area contributed by atoms with Gasteiger partial charge < -0.3 is 0 Å². The Hall–Kier alpha value is -2.18. The van der Waals surface area contributed by atoms with Crippen molar-refractivity contribution in [3.05, 3.63) is 34.9 Å². The number of nitrogens with zero attached hydrogens (tertiary/aromatic N) is 1. The minimum Gasteiger partial charge on any atom is -0.294 e. The van der Waals surface area contributed by atoms with Crippen LogP contribution in [0.4, 0.5) is 13.2 Å². The van der Waals surface area contributed by atoms with Crippen LogP contribution in [0.25, 0.3) is 0 Å². The van der Waals surface area contributed by atoms with Gasteiger partial charge in [-0.1, -0.05) is 12.1 Å². The van der Waals surface area contributed by atoms with E-state index < -0.39 is 30.7 Å². The monoisotopic (exact) mass is 299 g/mol. The lowest BCUT2D eigenvalue weighted by molar-refractivity contribution is -0.133. The highest BCUT2D eigenvalue weighted by Gasteiger charge is 2.30. The van der Waals surface area contributed by atoms with Crippen molar-refractivity contribution in [1.82, 2.24) is 4.90 Å². The van der Waals surface area contributed by atoms with Gasteiger partial charge >= 0.3 is 6.18 Å². The van der Waals surface area contributed by atoms with Crippen molar-refractivity contribution in [3.8, 4) is 0 Å². The van der Waals surface area contributed by atoms with Crippen LogP contribution < -0.4 is 0 Å². The SMILES string of the molecule is CN1C(=O)Cc2ccc(C(=O)CCC(F)(F)F)cc2C1=O. The molecule has 0 saturated carbocycles. The van der Waals surface area contributed by atoms with Crippen LogP contribution in [0.3, 0.4) is 0 Å². The van der Waals surface area contributed by atoms with Gasteiger partial charge in [-0.3, -0.25) is 19.3 Å². The second-order valence-corrected chi connectivity index (χ2v) is 4.84. The average Bonchev–Trinajstić information content (AvgIpc) is 2.41. The van der Waals surface area contributed by atoms with Crippen LogP contribution in [0, 0.1) is 0 Å². The van der Waals surface area contributed by atoms with Gasteiger partial charge in [0.25, 0.3) is 5.91 Å². The summed E-state index contributed by atoms with van der Waals surface area (Å²) in [7, 11) is 1.33. The van der Waals surface area contributed by atoms with E-state index in [0.717, 1.165) is 4.90 Å². The average molecular weight is 299 g/mol. The molecule has 4 nitrogen and oxygen atoms in total. The maximum atomic E-state index is 12.1. The number of hydrogen-bond acceptors (Lipinski definition) is 3. The molecule has 0 unspecified atom stereocenters. The molecule has 0 fully saturated rings. The summed E-state index contributed by atoms with van der Waals surface area (Å²) in [5, 5.41) is 0. The van der Waals surface area contributed by atoms with Gasteiger partial charge in [0.15, 0.2) is 5.78 Å². The molecular formula is C14H12F3NO3. The lowest BCUT2D eigenvalue weighted by atomic mass is 9.94. The summed E-state index contributed by atoms with van der Waals surface area (Å²) < 4.78 is 36.3. The first-order valence-corrected chi connectivity index (χ1v) is 6.23. The molecule has 0 aromatic heterocycles. The second kappa shape index (κ2) is 5.31. The fourth-order valence-corrected chi connectivity index (χ4v) is 2.08. The molecule has 0 bridgehead atoms. The molecule has 1 heterocycles. The second-order valence-electron chi connectivity index (χ2n) is 4.84. The Morgan fingerprint density at radius 1 is 1.29 bits per heavy atom. The first-order valence-electron chi connectivity index (χ1n) is 6.23. The largest absolute Gasteiger partial charge is 0.389 e. The number of Topliss-reactive ketones (excluding diaryl/α,β-unsaturated/α-hetero) is 1. The van der Waals surface area contributed by atoms with Gasteiger partial charge in [-0.05, 0) is 11.6 Å². The standard InChI is InChI=1S/C14H12F3NO3/c1-18-12(20)7-8-2-3-9(6-10(8)13(18)21)11(19)4-5-14(15,16)17/h2-3,6H,4-5,7H2,1H3. The van der Waals surface area contributed by atoms with E-state index in [0.29, 0.717) is 5.56 Å². The molecule has 0 saturated heterocycles. The highest BCUT2D eigenvalue weighted by atomic mass is 19.4. The summed E-state index contributed by atoms with van der Waals surface area (Å²) in [6.45, 7) is 0. The molecule has 0 spiro atoms. The number of ketones is 1. The van der Waals surface area contributed by atoms with E-state index in [2.05, 4.69) is 0 Å². The normalized spacial score (nSPS) is 15.1. The molecule has 21 heavy (non-hydrogen) atoms. The van der Waals surface area contributed by atoms with Gasteiger partial charge in [0.1, 0.15) is 0 Å². The molecule has 7 heteroatoms. The van der Waals surface area contributed by atoms with Gasteiger partial charge in [-0.25, -0.2) is 0 Å². The van der Waals surface area contributed by atoms with E-state index in [9.17, 15) is 27.6 Å². The number of hydrogen-bond donors (Lipinski definition) is 0. The number of halogens is 3. The fourth-order valence-electron chi connectivity index (χ4n) is 2.08. The van der Waals surface area contributed by atoms with Crippen molar-refractivity contribution in [2.75, 3.05) is 7.05 Å². The van der Waals surface area contributed by atoms with Gasteiger partial charge in [0.2, 0.25) is 5.91 Å². The topological polar surface area (TPSA) is 54.5 Å². The van der Waals surface area contributed by atoms with Gasteiger partial charge in [0, 0.05) is 24.6 Å². The maximum Gasteiger partial charge on any atom is 0.389 e. The van der Waals surface area contributed by atoms with Crippen LogP contribution in [0.1, 0.15) is 39.1 Å². The van der Waals surface area contributed by atoms with E-state index >= 15 is 0 Å². The van der Waals surface area contributed by atoms with Crippen molar-refractivity contribution in [2.45, 2.75) is 25.4 Å². The number of amides is 2. The van der Waals surface area contributed by atoms with E-state index in [-0.39, 0.29) is 23.5 Å². The Labute approximate surface area is 118 Å². The molecule has 2 rings (SSSR count). The zero-order valence-electron chi connectivity index (χ0n) is 11.2. The van der Waals surface area contributed by atoms with Crippen molar-refractivity contribution >= 4 is 17.6 Å². The molecule has 0 radical (unpaired) electrons. The van der Waals surface area contributed by atoms with Crippen LogP contribution in [0.15, 0.2) is 18.2 Å². The predicted molar refractivity (Wildman–Crippen MR) is 66.9 cm³/mol. The third-order valence-electron chi connectivity index (χ3n) is 3.32. The molecule has 2 amide bonds. The van der Waals surface area contributed by atoms with Crippen LogP contribution in [0.2, 0.25) is 0 Å². The molecule has 1 aliphatic rings. The van der Waals surface area contributed by atoms with Crippen molar-refractivity contribution in [2.24, 2.45) is 0 Å². The molecule has 0 aliphatic carbocycles. The molecule has 1 aliphatic heterocycles. The number of imide groups is 1. The van der Waals surface area contributed by atoms with E-state index in [4.69, 9.17) is 0 Å². The number of rotatable bonds is 3. The third-order valence-corrected chi connectivity index (χ3v) is 3.32. The Kier molecular flexibility index (Phi) is 3.85. The highest BCUT2D eigenvalue weighted by Crippen LogP contribution is 2.24. The lowest BCUT2D eigenvalue weighted by Crippen LogP contribution is -2.39. The zero-order chi connectivity index (χ0) is 15.8. The molecule has 1 aromatic carbocycles. The number of benzene rings is 1. The molecule has 112 valence electrons. The maximum absolute atomic E-state index is 12.1. The van der Waals surface area contributed by atoms with Crippen LogP contribution in [-0.2, 0) is 11.2 Å². The Morgan fingerprint density at radius 3 is 2.57 bits per heavy atom. The van der Waals surface area contributed by atoms with Gasteiger partial charge in [-0.2, -0.15) is 13.2 Å². The fraction of sp³-hybridized carbons (Fsp3) is 0.357. The minimum absolute atomic E-state index is 0.0363. The molecule has 0 N–H and O–H groups in total. The lowest BCUT2D eigenvalue weighted by Gasteiger charge is -2.23. The van der Waals surface area contributed by atoms with Gasteiger partial charge in [0.05, 0.1) is 12.8 Å². The molecule has 1 aromatic rings. The zero-order valence-corrected chi connectivity index (χ0v) is 11.2. The Morgan fingerprint density at radius 2 is 1.95 bits per heavy atom. The summed E-state index contributed by atoms with van der Waals surface area (Å²) in [6.07, 6.45) is -6.22. The summed E-state index contributed by atoms with van der Waals surface area (Å²) in [5.74, 6) is -1.59. The summed E-state index contributed by atoms with van der Waals surface area (Å²) in [5.41, 5.74) is 0.722. The predicted octanol–water partition coefficient (Wildman–Crippen LogP) is 2.37. The summed E-state index contributed by atoms with van der Waals surface area (Å²) in [6, 6.07) is 4.06. The number of likely N-dealkylation sites (N-methyl/N-ethyl adjacent to an activating group) is 1. The summed E-state index contributed by atoms with van der Waals surface area (Å²) >= 11 is 0. The Bertz CT molecular complexity index is 622. The van der Waals surface area contributed by atoms with Crippen molar-refractivity contribution in [3.63, 3.8) is 0 Å². The van der Waals surface area contributed by atoms with Crippen molar-refractivity contribution in [1.29, 1.82) is 0 Å². The van der Waals surface area contributed by atoms with Crippen LogP contribution in [-0.4, -0.2) is 35.7 Å². The third kappa shape index (κ3) is 3.29. The Balaban J connectivity index is 2.23. The number of alkyl halides is 3. The van der Waals surface area contributed by atoms with Crippen LogP contribution >= 0.6 is 0 Å². The molecule has 0 atom stereocenters. The highest BCUT2D eigenvalue weighted by molar-refractivity contribution is 6.10. The smallest absolute Gasteiger partial charge is 0.294 e. The van der Waals surface area contributed by atoms with E-state index in [1.165, 1.54) is 25.2 Å². The number of fused-ring (bicyclic) bond motifs is 1. The van der Waals surface area contributed by atoms with Crippen LogP contribution in [0.5, 0.6) is 0 Å². The number of carbonyl (C=O) groups is 3.